The van der Waals surface area contributed by atoms with Crippen molar-refractivity contribution in [1.29, 1.82) is 0 Å². The van der Waals surface area contributed by atoms with Crippen LogP contribution in [0.15, 0.2) is 36.5 Å². The summed E-state index contributed by atoms with van der Waals surface area (Å²) in [4.78, 5) is 0. The van der Waals surface area contributed by atoms with Gasteiger partial charge in [-0.15, -0.1) is 0 Å². The fourth-order valence-corrected chi connectivity index (χ4v) is 2.42. The number of nitrogens with zero attached hydrogens (tertiary/aromatic N) is 2. The number of hydrogen-bond donors (Lipinski definition) is 0. The lowest BCUT2D eigenvalue weighted by atomic mass is 10.0. The molecule has 0 bridgehead atoms. The molecule has 1 unspecified atom stereocenters. The van der Waals surface area contributed by atoms with Crippen molar-refractivity contribution in [2.75, 3.05) is 6.61 Å². The molecule has 3 rings (SSSR count). The van der Waals surface area contributed by atoms with E-state index in [1.807, 2.05) is 29.1 Å². The van der Waals surface area contributed by atoms with Gasteiger partial charge in [0.2, 0.25) is 0 Å². The van der Waals surface area contributed by atoms with Gasteiger partial charge >= 0.3 is 0 Å². The number of hydrogen-bond acceptors (Lipinski definition) is 2. The van der Waals surface area contributed by atoms with E-state index in [4.69, 9.17) is 4.74 Å². The molecule has 0 fully saturated rings. The summed E-state index contributed by atoms with van der Waals surface area (Å²) in [6.07, 6.45) is 4.13. The highest BCUT2D eigenvalue weighted by Crippen LogP contribution is 2.30. The number of aromatic nitrogens is 2. The van der Waals surface area contributed by atoms with Gasteiger partial charge in [-0.3, -0.25) is 0 Å². The van der Waals surface area contributed by atoms with Gasteiger partial charge in [-0.2, -0.15) is 5.10 Å². The second kappa shape index (κ2) is 4.34. The molecule has 0 N–H and O–H groups in total. The predicted molar refractivity (Wildman–Crippen MR) is 66.3 cm³/mol. The minimum absolute atomic E-state index is 0.219. The average molecular weight is 228 g/mol. The molecule has 0 aliphatic carbocycles. The van der Waals surface area contributed by atoms with E-state index in [1.54, 1.807) is 0 Å². The summed E-state index contributed by atoms with van der Waals surface area (Å²) in [5.41, 5.74) is 3.68. The van der Waals surface area contributed by atoms with E-state index in [0.29, 0.717) is 0 Å². The van der Waals surface area contributed by atoms with Gasteiger partial charge in [0, 0.05) is 12.0 Å². The molecule has 1 aliphatic rings. The first-order chi connectivity index (χ1) is 8.40. The van der Waals surface area contributed by atoms with E-state index in [-0.39, 0.29) is 6.10 Å². The molecular weight excluding hydrogens is 212 g/mol. The van der Waals surface area contributed by atoms with E-state index in [0.717, 1.165) is 25.1 Å². The van der Waals surface area contributed by atoms with Gasteiger partial charge < -0.3 is 4.74 Å². The van der Waals surface area contributed by atoms with Crippen LogP contribution in [0.1, 0.15) is 30.7 Å². The minimum Gasteiger partial charge on any atom is -0.373 e. The summed E-state index contributed by atoms with van der Waals surface area (Å²) in [5, 5.41) is 4.50. The van der Waals surface area contributed by atoms with Crippen LogP contribution in [0.25, 0.3) is 5.69 Å². The summed E-state index contributed by atoms with van der Waals surface area (Å²) in [6.45, 7) is 2.95. The van der Waals surface area contributed by atoms with Crippen LogP contribution >= 0.6 is 0 Å². The van der Waals surface area contributed by atoms with Crippen molar-refractivity contribution < 1.29 is 4.74 Å². The van der Waals surface area contributed by atoms with Gasteiger partial charge in [0.15, 0.2) is 0 Å². The fraction of sp³-hybridized carbons (Fsp3) is 0.357. The Kier molecular flexibility index (Phi) is 2.69. The van der Waals surface area contributed by atoms with Gasteiger partial charge in [0.05, 0.1) is 30.3 Å². The Morgan fingerprint density at radius 3 is 2.94 bits per heavy atom. The molecule has 0 amide bonds. The summed E-state index contributed by atoms with van der Waals surface area (Å²) in [5.74, 6) is 0. The van der Waals surface area contributed by atoms with Crippen molar-refractivity contribution >= 4 is 0 Å². The zero-order valence-corrected chi connectivity index (χ0v) is 9.97. The van der Waals surface area contributed by atoms with Gasteiger partial charge in [-0.05, 0) is 18.6 Å². The Morgan fingerprint density at radius 1 is 1.35 bits per heavy atom. The summed E-state index contributed by atoms with van der Waals surface area (Å²) in [6, 6.07) is 10.3. The van der Waals surface area contributed by atoms with E-state index < -0.39 is 0 Å². The minimum atomic E-state index is 0.219. The van der Waals surface area contributed by atoms with Crippen molar-refractivity contribution in [3.63, 3.8) is 0 Å². The van der Waals surface area contributed by atoms with E-state index >= 15 is 0 Å². The van der Waals surface area contributed by atoms with Gasteiger partial charge in [-0.25, -0.2) is 4.68 Å². The third kappa shape index (κ3) is 1.76. The molecule has 3 nitrogen and oxygen atoms in total. The molecule has 17 heavy (non-hydrogen) atoms. The quantitative estimate of drug-likeness (QED) is 0.790. The largest absolute Gasteiger partial charge is 0.373 e. The van der Waals surface area contributed by atoms with E-state index in [9.17, 15) is 0 Å². The molecule has 2 aromatic rings. The standard InChI is InChI=1S/C14H16N2O/c1-2-14-12-10-15-16(13(12)8-9-17-14)11-6-4-3-5-7-11/h3-7,10,14H,2,8-9H2,1H3. The van der Waals surface area contributed by atoms with E-state index in [2.05, 4.69) is 24.2 Å². The highest BCUT2D eigenvalue weighted by atomic mass is 16.5. The molecule has 0 saturated carbocycles. The summed E-state index contributed by atoms with van der Waals surface area (Å²) in [7, 11) is 0. The number of para-hydroxylation sites is 1. The highest BCUT2D eigenvalue weighted by Gasteiger charge is 2.23. The second-order valence-corrected chi connectivity index (χ2v) is 4.31. The van der Waals surface area contributed by atoms with Crippen molar-refractivity contribution in [1.82, 2.24) is 9.78 Å². The van der Waals surface area contributed by atoms with Gasteiger partial charge in [0.1, 0.15) is 0 Å². The summed E-state index contributed by atoms with van der Waals surface area (Å²) < 4.78 is 7.79. The number of rotatable bonds is 2. The maximum Gasteiger partial charge on any atom is 0.0855 e. The number of fused-ring (bicyclic) bond motifs is 1. The van der Waals surface area contributed by atoms with Crippen molar-refractivity contribution in [3.8, 4) is 5.69 Å². The highest BCUT2D eigenvalue weighted by molar-refractivity contribution is 5.36. The molecule has 1 aromatic carbocycles. The third-order valence-corrected chi connectivity index (χ3v) is 3.28. The zero-order chi connectivity index (χ0) is 11.7. The number of benzene rings is 1. The van der Waals surface area contributed by atoms with E-state index in [1.165, 1.54) is 11.3 Å². The van der Waals surface area contributed by atoms with Crippen LogP contribution in [0.3, 0.4) is 0 Å². The molecule has 88 valence electrons. The first-order valence-corrected chi connectivity index (χ1v) is 6.14. The van der Waals surface area contributed by atoms with Crippen LogP contribution < -0.4 is 0 Å². The zero-order valence-electron chi connectivity index (χ0n) is 9.97. The lowest BCUT2D eigenvalue weighted by Gasteiger charge is -2.22. The van der Waals surface area contributed by atoms with Crippen LogP contribution in [0.5, 0.6) is 0 Å². The lowest BCUT2D eigenvalue weighted by molar-refractivity contribution is 0.0390. The first kappa shape index (κ1) is 10.5. The molecule has 0 radical (unpaired) electrons. The number of ether oxygens (including phenoxy) is 1. The average Bonchev–Trinajstić information content (AvgIpc) is 2.83. The molecular formula is C14H16N2O. The second-order valence-electron chi connectivity index (χ2n) is 4.31. The van der Waals surface area contributed by atoms with Gasteiger partial charge in [-0.1, -0.05) is 25.1 Å². The predicted octanol–water partition coefficient (Wildman–Crippen LogP) is 2.90. The Balaban J connectivity index is 2.06. The topological polar surface area (TPSA) is 27.1 Å². The molecule has 0 spiro atoms. The molecule has 2 heterocycles. The van der Waals surface area contributed by atoms with Gasteiger partial charge in [0.25, 0.3) is 0 Å². The normalized spacial score (nSPS) is 19.0. The Hall–Kier alpha value is -1.61. The van der Waals surface area contributed by atoms with Crippen molar-refractivity contribution in [2.24, 2.45) is 0 Å². The maximum absolute atomic E-state index is 5.75. The molecule has 1 aromatic heterocycles. The monoisotopic (exact) mass is 228 g/mol. The Bertz CT molecular complexity index is 504. The molecule has 1 atom stereocenters. The van der Waals surface area contributed by atoms with Crippen molar-refractivity contribution in [2.45, 2.75) is 25.9 Å². The van der Waals surface area contributed by atoms with Crippen LogP contribution in [0.2, 0.25) is 0 Å². The van der Waals surface area contributed by atoms with Crippen LogP contribution in [0, 0.1) is 0 Å². The Labute approximate surface area is 101 Å². The fourth-order valence-electron chi connectivity index (χ4n) is 2.42. The maximum atomic E-state index is 5.75. The first-order valence-electron chi connectivity index (χ1n) is 6.14. The summed E-state index contributed by atoms with van der Waals surface area (Å²) >= 11 is 0. The lowest BCUT2D eigenvalue weighted by Crippen LogP contribution is -2.17. The Morgan fingerprint density at radius 2 is 2.18 bits per heavy atom. The molecule has 1 aliphatic heterocycles. The SMILES string of the molecule is CCC1OCCc2c1cnn2-c1ccccc1. The van der Waals surface area contributed by atoms with Crippen LogP contribution in [-0.4, -0.2) is 16.4 Å². The third-order valence-electron chi connectivity index (χ3n) is 3.28. The molecule has 3 heteroatoms. The van der Waals surface area contributed by atoms with Crippen LogP contribution in [-0.2, 0) is 11.2 Å². The molecule has 0 saturated heterocycles. The van der Waals surface area contributed by atoms with Crippen molar-refractivity contribution in [3.05, 3.63) is 47.8 Å². The van der Waals surface area contributed by atoms with Crippen LogP contribution in [0.4, 0.5) is 0 Å². The smallest absolute Gasteiger partial charge is 0.0855 e.